The van der Waals surface area contributed by atoms with Crippen LogP contribution in [0.25, 0.3) is 33.6 Å². The number of amides is 1. The third kappa shape index (κ3) is 8.97. The average molecular weight is 756 g/mol. The maximum atomic E-state index is 13.6. The van der Waals surface area contributed by atoms with Gasteiger partial charge in [0.15, 0.2) is 12.3 Å². The molecule has 1 saturated carbocycles. The lowest BCUT2D eigenvalue weighted by molar-refractivity contribution is -0.154. The predicted octanol–water partition coefficient (Wildman–Crippen LogP) is 9.53. The van der Waals surface area contributed by atoms with E-state index in [1.54, 1.807) is 79.7 Å². The first-order chi connectivity index (χ1) is 24.3. The number of hydrogen-bond acceptors (Lipinski definition) is 7. The summed E-state index contributed by atoms with van der Waals surface area (Å²) < 4.78 is 49.8. The number of nitrogens with one attached hydrogen (secondary N) is 1. The minimum atomic E-state index is -4.60. The molecule has 8 nitrogen and oxygen atoms in total. The van der Waals surface area contributed by atoms with E-state index < -0.39 is 30.3 Å². The molecule has 1 aliphatic carbocycles. The van der Waals surface area contributed by atoms with Crippen LogP contribution in [0.15, 0.2) is 91.3 Å². The Hall–Kier alpha value is -4.71. The molecule has 51 heavy (non-hydrogen) atoms. The lowest BCUT2D eigenvalue weighted by Gasteiger charge is -2.30. The number of carbonyl (C=O) groups is 2. The summed E-state index contributed by atoms with van der Waals surface area (Å²) >= 11 is 18.2. The third-order valence-corrected chi connectivity index (χ3v) is 8.98. The summed E-state index contributed by atoms with van der Waals surface area (Å²) in [7, 11) is 0. The number of benzene rings is 3. The molecule has 1 aliphatic rings. The molecule has 2 aromatic heterocycles. The summed E-state index contributed by atoms with van der Waals surface area (Å²) in [6, 6.07) is 21.7. The first-order valence-corrected chi connectivity index (χ1v) is 16.8. The molecule has 0 bridgehead atoms. The van der Waals surface area contributed by atoms with Gasteiger partial charge in [-0.2, -0.15) is 13.2 Å². The van der Waals surface area contributed by atoms with Crippen LogP contribution in [0.1, 0.15) is 40.6 Å². The summed E-state index contributed by atoms with van der Waals surface area (Å²) in [4.78, 5) is 40.3. The van der Waals surface area contributed by atoms with Crippen LogP contribution in [0.5, 0.6) is 5.88 Å². The number of aromatic nitrogens is 3. The highest BCUT2D eigenvalue weighted by molar-refractivity contribution is 6.31. The van der Waals surface area contributed by atoms with Gasteiger partial charge in [-0.3, -0.25) is 9.78 Å². The summed E-state index contributed by atoms with van der Waals surface area (Å²) in [5.74, 6) is -1.66. The average Bonchev–Trinajstić information content (AvgIpc) is 3.97. The minimum absolute atomic E-state index is 0.0397. The Labute approximate surface area is 305 Å². The highest BCUT2D eigenvalue weighted by atomic mass is 35.5. The van der Waals surface area contributed by atoms with Gasteiger partial charge < -0.3 is 14.8 Å². The van der Waals surface area contributed by atoms with Gasteiger partial charge in [0, 0.05) is 43.9 Å². The second kappa shape index (κ2) is 14.9. The SMILES string of the molecule is CC(CNC(=O)c1cnc(OCC(F)(F)F)c(-c2ccc(Cl)cc2)c1)(OC(=O)c1cnc(-c2ccc(Cl)cc2)c(-c2ccc(Cl)cc2)n1)C1CC1. The zero-order chi connectivity index (χ0) is 36.3. The number of rotatable bonds is 11. The van der Waals surface area contributed by atoms with E-state index in [0.29, 0.717) is 37.6 Å². The van der Waals surface area contributed by atoms with Crippen molar-refractivity contribution < 1.29 is 32.2 Å². The number of hydrogen-bond donors (Lipinski definition) is 1. The zero-order valence-corrected chi connectivity index (χ0v) is 29.1. The Balaban J connectivity index is 1.22. The molecule has 1 N–H and O–H groups in total. The minimum Gasteiger partial charge on any atom is -0.468 e. The van der Waals surface area contributed by atoms with Crippen molar-refractivity contribution >= 4 is 46.7 Å². The van der Waals surface area contributed by atoms with Crippen LogP contribution in [0, 0.1) is 5.92 Å². The van der Waals surface area contributed by atoms with Crippen LogP contribution in [0.4, 0.5) is 13.2 Å². The number of carbonyl (C=O) groups excluding carboxylic acids is 2. The van der Waals surface area contributed by atoms with E-state index >= 15 is 0 Å². The van der Waals surface area contributed by atoms with E-state index in [0.717, 1.165) is 24.6 Å². The van der Waals surface area contributed by atoms with Gasteiger partial charge in [0.25, 0.3) is 5.91 Å². The largest absolute Gasteiger partial charge is 0.468 e. The fraction of sp³-hybridized carbons (Fsp3) is 0.216. The topological polar surface area (TPSA) is 103 Å². The van der Waals surface area contributed by atoms with E-state index in [9.17, 15) is 22.8 Å². The van der Waals surface area contributed by atoms with E-state index in [2.05, 4.69) is 20.3 Å². The molecule has 1 unspecified atom stereocenters. The zero-order valence-electron chi connectivity index (χ0n) is 26.8. The van der Waals surface area contributed by atoms with Crippen LogP contribution in [-0.4, -0.2) is 51.8 Å². The van der Waals surface area contributed by atoms with Crippen LogP contribution in [0.2, 0.25) is 15.1 Å². The first kappa shape index (κ1) is 36.1. The van der Waals surface area contributed by atoms with Gasteiger partial charge in [-0.15, -0.1) is 0 Å². The van der Waals surface area contributed by atoms with Crippen LogP contribution in [0.3, 0.4) is 0 Å². The van der Waals surface area contributed by atoms with E-state index in [4.69, 9.17) is 44.3 Å². The number of alkyl halides is 3. The first-order valence-electron chi connectivity index (χ1n) is 15.6. The van der Waals surface area contributed by atoms with Gasteiger partial charge in [-0.05, 0) is 67.8 Å². The van der Waals surface area contributed by atoms with Gasteiger partial charge in [0.2, 0.25) is 5.88 Å². The van der Waals surface area contributed by atoms with Crippen LogP contribution >= 0.6 is 34.8 Å². The molecule has 0 aliphatic heterocycles. The van der Waals surface area contributed by atoms with Gasteiger partial charge in [0.05, 0.1) is 29.7 Å². The predicted molar refractivity (Wildman–Crippen MR) is 188 cm³/mol. The van der Waals surface area contributed by atoms with E-state index in [1.165, 1.54) is 12.3 Å². The lowest BCUT2D eigenvalue weighted by atomic mass is 9.99. The third-order valence-electron chi connectivity index (χ3n) is 8.22. The Morgan fingerprint density at radius 3 is 1.90 bits per heavy atom. The van der Waals surface area contributed by atoms with Gasteiger partial charge in [0.1, 0.15) is 5.60 Å². The van der Waals surface area contributed by atoms with Crippen molar-refractivity contribution in [2.75, 3.05) is 13.2 Å². The molecule has 1 fully saturated rings. The smallest absolute Gasteiger partial charge is 0.422 e. The quantitative estimate of drug-likeness (QED) is 0.134. The normalized spacial score (nSPS) is 14.0. The Kier molecular flexibility index (Phi) is 10.5. The maximum Gasteiger partial charge on any atom is 0.422 e. The fourth-order valence-electron chi connectivity index (χ4n) is 5.37. The number of nitrogens with zero attached hydrogens (tertiary/aromatic N) is 3. The molecule has 0 spiro atoms. The number of esters is 1. The van der Waals surface area contributed by atoms with Crippen molar-refractivity contribution in [1.29, 1.82) is 0 Å². The molecule has 5 aromatic rings. The van der Waals surface area contributed by atoms with Crippen molar-refractivity contribution in [3.8, 4) is 39.5 Å². The van der Waals surface area contributed by atoms with Crippen molar-refractivity contribution in [2.24, 2.45) is 5.92 Å². The number of pyridine rings is 1. The highest BCUT2D eigenvalue weighted by Gasteiger charge is 2.45. The highest BCUT2D eigenvalue weighted by Crippen LogP contribution is 2.42. The van der Waals surface area contributed by atoms with Gasteiger partial charge >= 0.3 is 12.1 Å². The summed E-state index contributed by atoms with van der Waals surface area (Å²) in [6.07, 6.45) is -0.600. The standard InChI is InChI=1S/C37H28Cl3F3N4O4/c1-36(25-8-9-25,19-46-33(48)24-16-29(21-2-10-26(38)11-3-21)34(45-17-24)50-20-37(41,42)43)51-35(49)30-18-44-31(22-4-12-27(39)13-5-22)32(47-30)23-6-14-28(40)15-7-23/h2-7,10-18,25H,8-9,19-20H2,1H3,(H,46,48). The molecule has 0 saturated heterocycles. The van der Waals surface area contributed by atoms with Crippen LogP contribution in [-0.2, 0) is 4.74 Å². The van der Waals surface area contributed by atoms with E-state index in [-0.39, 0.29) is 35.2 Å². The van der Waals surface area contributed by atoms with Crippen LogP contribution < -0.4 is 10.1 Å². The van der Waals surface area contributed by atoms with Crippen molar-refractivity contribution in [3.05, 3.63) is 118 Å². The summed E-state index contributed by atoms with van der Waals surface area (Å²) in [5.41, 5.74) is 1.85. The molecular weight excluding hydrogens is 728 g/mol. The molecular formula is C37H28Cl3F3N4O4. The van der Waals surface area contributed by atoms with E-state index in [1.807, 2.05) is 0 Å². The Morgan fingerprint density at radius 2 is 1.35 bits per heavy atom. The Morgan fingerprint density at radius 1 is 0.804 bits per heavy atom. The molecule has 3 aromatic carbocycles. The number of halogens is 6. The molecule has 0 radical (unpaired) electrons. The molecule has 14 heteroatoms. The second-order valence-corrected chi connectivity index (χ2v) is 13.4. The molecule has 1 amide bonds. The molecule has 262 valence electrons. The second-order valence-electron chi connectivity index (χ2n) is 12.1. The monoisotopic (exact) mass is 754 g/mol. The molecule has 2 heterocycles. The Bertz CT molecular complexity index is 2060. The summed E-state index contributed by atoms with van der Waals surface area (Å²) in [6.45, 7) is 0.0990. The lowest BCUT2D eigenvalue weighted by Crippen LogP contribution is -2.46. The van der Waals surface area contributed by atoms with Gasteiger partial charge in [-0.25, -0.2) is 14.8 Å². The molecule has 1 atom stereocenters. The molecule has 6 rings (SSSR count). The summed E-state index contributed by atoms with van der Waals surface area (Å²) in [5, 5.41) is 4.30. The number of ether oxygens (including phenoxy) is 2. The maximum absolute atomic E-state index is 13.6. The van der Waals surface area contributed by atoms with Crippen molar-refractivity contribution in [3.63, 3.8) is 0 Å². The van der Waals surface area contributed by atoms with Gasteiger partial charge in [-0.1, -0.05) is 71.2 Å². The van der Waals surface area contributed by atoms with Crippen molar-refractivity contribution in [1.82, 2.24) is 20.3 Å². The van der Waals surface area contributed by atoms with Crippen molar-refractivity contribution in [2.45, 2.75) is 31.5 Å². The fourth-order valence-corrected chi connectivity index (χ4v) is 5.75.